The van der Waals surface area contributed by atoms with Gasteiger partial charge in [-0.1, -0.05) is 145 Å². The van der Waals surface area contributed by atoms with Crippen LogP contribution in [0.15, 0.2) is 110 Å². The van der Waals surface area contributed by atoms with Crippen LogP contribution in [-0.2, 0) is 18.3 Å². The van der Waals surface area contributed by atoms with E-state index in [-0.39, 0.29) is 11.0 Å². The van der Waals surface area contributed by atoms with Crippen LogP contribution in [-0.4, -0.2) is 21.8 Å². The predicted octanol–water partition coefficient (Wildman–Crippen LogP) is 11.3. The predicted molar refractivity (Wildman–Crippen MR) is 208 cm³/mol. The molecule has 1 aliphatic rings. The lowest BCUT2D eigenvalue weighted by atomic mass is 9.86. The normalized spacial score (nSPS) is 12.8. The highest BCUT2D eigenvalue weighted by Gasteiger charge is 2.45. The van der Waals surface area contributed by atoms with E-state index in [0.717, 1.165) is 24.3 Å². The van der Waals surface area contributed by atoms with Crippen LogP contribution in [0.2, 0.25) is 13.1 Å². The van der Waals surface area contributed by atoms with Gasteiger partial charge in [-0.3, -0.25) is 0 Å². The third-order valence-corrected chi connectivity index (χ3v) is 14.1. The molecule has 0 aliphatic heterocycles. The van der Waals surface area contributed by atoms with Crippen LogP contribution in [0.1, 0.15) is 68.0 Å². The highest BCUT2D eigenvalue weighted by atomic mass is 28.3. The maximum Gasteiger partial charge on any atom is 0.123 e. The number of methoxy groups -OCH3 is 1. The smallest absolute Gasteiger partial charge is 0.123 e. The molecule has 0 radical (unpaired) electrons. The molecule has 48 heavy (non-hydrogen) atoms. The molecule has 2 nitrogen and oxygen atoms in total. The molecule has 0 unspecified atom stereocenters. The third kappa shape index (κ3) is 5.94. The molecule has 5 aromatic carbocycles. The molecule has 0 saturated carbocycles. The van der Waals surface area contributed by atoms with Crippen molar-refractivity contribution in [1.82, 2.24) is 0 Å². The number of fused-ring (bicyclic) bond motifs is 3. The Morgan fingerprint density at radius 3 is 1.69 bits per heavy atom. The van der Waals surface area contributed by atoms with Crippen LogP contribution in [0.4, 0.5) is 0 Å². The number of hydrogen-bond donors (Lipinski definition) is 0. The van der Waals surface area contributed by atoms with Crippen molar-refractivity contribution in [2.24, 2.45) is 0 Å². The summed E-state index contributed by atoms with van der Waals surface area (Å²) in [4.78, 5) is 0. The van der Waals surface area contributed by atoms with E-state index in [2.05, 4.69) is 151 Å². The van der Waals surface area contributed by atoms with Gasteiger partial charge in [-0.05, 0) is 91.2 Å². The lowest BCUT2D eigenvalue weighted by Gasteiger charge is -2.36. The fourth-order valence-electron chi connectivity index (χ4n) is 7.80. The molecule has 5 aromatic rings. The Kier molecular flexibility index (Phi) is 9.28. The summed E-state index contributed by atoms with van der Waals surface area (Å²) in [7, 11) is -0.655. The fourth-order valence-corrected chi connectivity index (χ4v) is 11.5. The minimum absolute atomic E-state index is 0.135. The first-order valence-electron chi connectivity index (χ1n) is 17.4. The molecule has 246 valence electrons. The van der Waals surface area contributed by atoms with Gasteiger partial charge in [0.05, 0.1) is 15.2 Å². The van der Waals surface area contributed by atoms with Gasteiger partial charge in [-0.25, -0.2) is 0 Å². The first kappa shape index (κ1) is 33.6. The van der Waals surface area contributed by atoms with Gasteiger partial charge in [-0.15, -0.1) is 0 Å². The Labute approximate surface area is 289 Å². The minimum atomic E-state index is -2.43. The van der Waals surface area contributed by atoms with E-state index in [1.807, 2.05) is 6.08 Å². The lowest BCUT2D eigenvalue weighted by molar-refractivity contribution is 0.351. The lowest BCUT2D eigenvalue weighted by Crippen LogP contribution is -2.49. The zero-order valence-electron chi connectivity index (χ0n) is 30.0. The second-order valence-corrected chi connectivity index (χ2v) is 19.2. The molecule has 3 heteroatoms. The molecule has 0 aromatic heterocycles. The van der Waals surface area contributed by atoms with Crippen LogP contribution in [0.3, 0.4) is 0 Å². The van der Waals surface area contributed by atoms with Gasteiger partial charge in [-0.2, -0.15) is 0 Å². The fraction of sp³-hybridized carbons (Fsp3) is 0.289. The quantitative estimate of drug-likeness (QED) is 0.111. The van der Waals surface area contributed by atoms with Crippen molar-refractivity contribution in [2.45, 2.75) is 71.5 Å². The summed E-state index contributed by atoms with van der Waals surface area (Å²) >= 11 is 0. The first-order chi connectivity index (χ1) is 23.0. The molecule has 6 rings (SSSR count). The second kappa shape index (κ2) is 13.3. The second-order valence-electron chi connectivity index (χ2n) is 14.7. The third-order valence-electron chi connectivity index (χ3n) is 10.3. The topological polar surface area (TPSA) is 18.5 Å². The van der Waals surface area contributed by atoms with Crippen LogP contribution < -0.4 is 14.7 Å². The zero-order chi connectivity index (χ0) is 34.2. The average molecular weight is 651 g/mol. The largest absolute Gasteiger partial charge is 0.497 e. The molecule has 1 aliphatic carbocycles. The Morgan fingerprint density at radius 1 is 0.708 bits per heavy atom. The molecule has 0 amide bonds. The summed E-state index contributed by atoms with van der Waals surface area (Å²) in [5.74, 6) is 1.88. The molecule has 0 fully saturated rings. The van der Waals surface area contributed by atoms with E-state index < -0.39 is 8.07 Å². The average Bonchev–Trinajstić information content (AvgIpc) is 3.43. The molecular weight excluding hydrogens is 601 g/mol. The number of ether oxygens (including phenoxy) is 2. The van der Waals surface area contributed by atoms with Gasteiger partial charge in [0, 0.05) is 11.1 Å². The van der Waals surface area contributed by atoms with Crippen molar-refractivity contribution in [3.05, 3.63) is 138 Å². The van der Waals surface area contributed by atoms with Crippen molar-refractivity contribution in [2.75, 3.05) is 13.7 Å². The van der Waals surface area contributed by atoms with Gasteiger partial charge in [0.15, 0.2) is 0 Å². The summed E-state index contributed by atoms with van der Waals surface area (Å²) in [6, 6.07) is 36.6. The van der Waals surface area contributed by atoms with Gasteiger partial charge in [0.1, 0.15) is 18.1 Å². The number of aryl methyl sites for hydroxylation is 2. The van der Waals surface area contributed by atoms with Crippen LogP contribution in [0.5, 0.6) is 11.5 Å². The highest BCUT2D eigenvalue weighted by Crippen LogP contribution is 2.52. The molecule has 0 spiro atoms. The van der Waals surface area contributed by atoms with E-state index >= 15 is 0 Å². The first-order valence-corrected chi connectivity index (χ1v) is 20.5. The Balaban J connectivity index is 1.64. The Hall–Kier alpha value is -4.34. The number of benzene rings is 5. The van der Waals surface area contributed by atoms with E-state index in [1.165, 1.54) is 66.4 Å². The zero-order valence-corrected chi connectivity index (χ0v) is 31.0. The van der Waals surface area contributed by atoms with Crippen molar-refractivity contribution < 1.29 is 9.47 Å². The van der Waals surface area contributed by atoms with Gasteiger partial charge in [0.25, 0.3) is 0 Å². The highest BCUT2D eigenvalue weighted by molar-refractivity contribution is 6.92. The summed E-state index contributed by atoms with van der Waals surface area (Å²) in [6.07, 6.45) is 3.85. The standard InChI is InChI=1S/C45H50O2Si/c1-10-25-47-43-41(45(4,5)6)28-34(46-7)29-42(43)48(8,9)44-39-26-32(35-19-15-13-17-30(35)11-2)21-23-37(39)38-24-22-33(27-40(38)44)36-20-16-14-18-31(36)12-3/h10,13-24,26-29,44H,1,11-12,25H2,2-9H3. The van der Waals surface area contributed by atoms with Crippen LogP contribution in [0, 0.1) is 0 Å². The molecule has 0 bridgehead atoms. The van der Waals surface area contributed by atoms with Gasteiger partial charge in [0.2, 0.25) is 0 Å². The summed E-state index contributed by atoms with van der Waals surface area (Å²) in [5.41, 5.74) is 14.7. The molecular formula is C45H50O2Si. The molecule has 0 saturated heterocycles. The van der Waals surface area contributed by atoms with Gasteiger partial charge < -0.3 is 9.47 Å². The van der Waals surface area contributed by atoms with E-state index in [9.17, 15) is 0 Å². The Bertz CT molecular complexity index is 1880. The van der Waals surface area contributed by atoms with Crippen molar-refractivity contribution >= 4 is 13.3 Å². The van der Waals surface area contributed by atoms with E-state index in [0.29, 0.717) is 6.61 Å². The van der Waals surface area contributed by atoms with Crippen LogP contribution >= 0.6 is 0 Å². The molecule has 0 atom stereocenters. The molecule has 0 heterocycles. The van der Waals surface area contributed by atoms with Crippen LogP contribution in [0.25, 0.3) is 33.4 Å². The van der Waals surface area contributed by atoms with Crippen molar-refractivity contribution in [3.8, 4) is 44.9 Å². The van der Waals surface area contributed by atoms with Crippen molar-refractivity contribution in [1.29, 1.82) is 0 Å². The maximum atomic E-state index is 6.67. The van der Waals surface area contributed by atoms with Crippen molar-refractivity contribution in [3.63, 3.8) is 0 Å². The summed E-state index contributed by atoms with van der Waals surface area (Å²) < 4.78 is 12.7. The summed E-state index contributed by atoms with van der Waals surface area (Å²) in [5, 5.41) is 1.29. The van der Waals surface area contributed by atoms with Gasteiger partial charge >= 0.3 is 0 Å². The monoisotopic (exact) mass is 650 g/mol. The van der Waals surface area contributed by atoms with E-state index in [1.54, 1.807) is 7.11 Å². The Morgan fingerprint density at radius 2 is 1.23 bits per heavy atom. The number of hydrogen-bond acceptors (Lipinski definition) is 2. The minimum Gasteiger partial charge on any atom is -0.497 e. The maximum absolute atomic E-state index is 6.67. The number of rotatable bonds is 10. The molecule has 0 N–H and O–H groups in total. The van der Waals surface area contributed by atoms with E-state index in [4.69, 9.17) is 9.47 Å². The summed E-state index contributed by atoms with van der Waals surface area (Å²) in [6.45, 7) is 20.8. The SMILES string of the molecule is C=CCOc1c(C(C)(C)C)cc(OC)cc1[Si](C)(C)C1c2cc(-c3ccccc3CC)ccc2-c2ccc(-c3ccccc3CC)cc21.